The van der Waals surface area contributed by atoms with E-state index in [4.69, 9.17) is 9.47 Å². The van der Waals surface area contributed by atoms with E-state index >= 15 is 0 Å². The molecule has 2 fully saturated rings. The van der Waals surface area contributed by atoms with E-state index in [1.54, 1.807) is 7.11 Å². The van der Waals surface area contributed by atoms with Crippen molar-refractivity contribution in [2.45, 2.75) is 63.4 Å². The Balaban J connectivity index is 1.26. The minimum atomic E-state index is -0.0197. The molecule has 2 aliphatic heterocycles. The lowest BCUT2D eigenvalue weighted by atomic mass is 9.96. The van der Waals surface area contributed by atoms with Gasteiger partial charge in [0.15, 0.2) is 17.5 Å². The number of fused-ring (bicyclic) bond motifs is 2. The number of methoxy groups -OCH3 is 1. The van der Waals surface area contributed by atoms with Crippen LogP contribution in [0, 0.1) is 0 Å². The van der Waals surface area contributed by atoms with E-state index in [0.717, 1.165) is 36.8 Å². The summed E-state index contributed by atoms with van der Waals surface area (Å²) in [7, 11) is 3.50. The van der Waals surface area contributed by atoms with Gasteiger partial charge in [0.05, 0.1) is 13.7 Å². The van der Waals surface area contributed by atoms with Gasteiger partial charge in [0.1, 0.15) is 6.10 Å². The smallest absolute Gasteiger partial charge is 0.191 e. The van der Waals surface area contributed by atoms with Gasteiger partial charge in [0, 0.05) is 31.7 Å². The normalized spacial score (nSPS) is 24.1. The molecular weight excluding hydrogens is 400 g/mol. The van der Waals surface area contributed by atoms with Crippen LogP contribution in [0.4, 0.5) is 0 Å². The van der Waals surface area contributed by atoms with Crippen LogP contribution in [-0.2, 0) is 6.54 Å². The van der Waals surface area contributed by atoms with Gasteiger partial charge in [-0.25, -0.2) is 0 Å². The fourth-order valence-electron chi connectivity index (χ4n) is 5.05. The predicted molar refractivity (Wildman–Crippen MR) is 129 cm³/mol. The average molecular weight is 437 g/mol. The summed E-state index contributed by atoms with van der Waals surface area (Å²) < 4.78 is 11.4. The van der Waals surface area contributed by atoms with E-state index in [0.29, 0.717) is 24.7 Å². The predicted octanol–water partition coefficient (Wildman–Crippen LogP) is 3.82. The Morgan fingerprint density at radius 3 is 2.34 bits per heavy atom. The second-order valence-corrected chi connectivity index (χ2v) is 8.89. The van der Waals surface area contributed by atoms with Gasteiger partial charge in [0.25, 0.3) is 0 Å². The van der Waals surface area contributed by atoms with Crippen LogP contribution in [0.2, 0.25) is 0 Å². The monoisotopic (exact) mass is 436 g/mol. The van der Waals surface area contributed by atoms with Crippen molar-refractivity contribution >= 4 is 5.96 Å². The van der Waals surface area contributed by atoms with Crippen molar-refractivity contribution in [3.63, 3.8) is 0 Å². The highest BCUT2D eigenvalue weighted by atomic mass is 16.5. The minimum Gasteiger partial charge on any atom is -0.493 e. The van der Waals surface area contributed by atoms with E-state index < -0.39 is 0 Å². The topological polar surface area (TPSA) is 58.1 Å². The number of nitrogens with zero attached hydrogens (tertiary/aromatic N) is 2. The molecule has 0 aliphatic carbocycles. The average Bonchev–Trinajstić information content (AvgIpc) is 3.04. The first-order valence-corrected chi connectivity index (χ1v) is 11.7. The first-order chi connectivity index (χ1) is 15.7. The Kier molecular flexibility index (Phi) is 7.53. The number of nitrogens with one attached hydrogen (secondary N) is 2. The van der Waals surface area contributed by atoms with Crippen LogP contribution < -0.4 is 20.1 Å². The first-order valence-electron chi connectivity index (χ1n) is 11.7. The maximum Gasteiger partial charge on any atom is 0.191 e. The van der Waals surface area contributed by atoms with Crippen LogP contribution in [0.3, 0.4) is 0 Å². The van der Waals surface area contributed by atoms with Gasteiger partial charge in [-0.2, -0.15) is 0 Å². The molecule has 2 heterocycles. The van der Waals surface area contributed by atoms with Gasteiger partial charge in [-0.05, 0) is 50.3 Å². The maximum absolute atomic E-state index is 6.06. The quantitative estimate of drug-likeness (QED) is 0.487. The van der Waals surface area contributed by atoms with Crippen LogP contribution in [0.5, 0.6) is 11.5 Å². The Bertz CT molecular complexity index is 874. The molecule has 6 heteroatoms. The molecule has 2 aliphatic rings. The molecule has 32 heavy (non-hydrogen) atoms. The molecular formula is C26H36N4O2. The third kappa shape index (κ3) is 5.54. The Labute approximate surface area is 192 Å². The molecule has 0 saturated carbocycles. The molecule has 0 amide bonds. The van der Waals surface area contributed by atoms with Gasteiger partial charge in [-0.1, -0.05) is 42.5 Å². The van der Waals surface area contributed by atoms with Crippen molar-refractivity contribution in [3.05, 3.63) is 60.2 Å². The molecule has 3 unspecified atom stereocenters. The summed E-state index contributed by atoms with van der Waals surface area (Å²) in [6.45, 7) is 3.78. The molecule has 2 N–H and O–H groups in total. The molecule has 0 aromatic heterocycles. The van der Waals surface area contributed by atoms with Crippen molar-refractivity contribution in [1.82, 2.24) is 15.5 Å². The molecule has 2 bridgehead atoms. The van der Waals surface area contributed by atoms with Crippen LogP contribution in [0.1, 0.15) is 38.2 Å². The zero-order chi connectivity index (χ0) is 22.3. The van der Waals surface area contributed by atoms with Crippen molar-refractivity contribution < 1.29 is 9.47 Å². The SMILES string of the molecule is CN=C(NCC(C)Oc1ccccc1OC)NC1CC2CCC(C1)N2Cc1ccccc1. The van der Waals surface area contributed by atoms with E-state index in [2.05, 4.69) is 57.8 Å². The third-order valence-corrected chi connectivity index (χ3v) is 6.61. The zero-order valence-electron chi connectivity index (χ0n) is 19.5. The van der Waals surface area contributed by atoms with Crippen LogP contribution in [0.25, 0.3) is 0 Å². The number of ether oxygens (including phenoxy) is 2. The number of rotatable bonds is 8. The second-order valence-electron chi connectivity index (χ2n) is 8.89. The summed E-state index contributed by atoms with van der Waals surface area (Å²) in [6, 6.07) is 20.3. The van der Waals surface area contributed by atoms with Crippen molar-refractivity contribution in [3.8, 4) is 11.5 Å². The number of hydrogen-bond acceptors (Lipinski definition) is 4. The van der Waals surface area contributed by atoms with Crippen LogP contribution in [-0.4, -0.2) is 55.8 Å². The van der Waals surface area contributed by atoms with Crippen molar-refractivity contribution in [1.29, 1.82) is 0 Å². The van der Waals surface area contributed by atoms with Crippen molar-refractivity contribution in [2.24, 2.45) is 4.99 Å². The van der Waals surface area contributed by atoms with Gasteiger partial charge < -0.3 is 20.1 Å². The van der Waals surface area contributed by atoms with E-state index in [1.165, 1.54) is 18.4 Å². The molecule has 3 atom stereocenters. The molecule has 6 nitrogen and oxygen atoms in total. The number of aliphatic imine (C=N–C) groups is 1. The third-order valence-electron chi connectivity index (χ3n) is 6.61. The molecule has 2 saturated heterocycles. The van der Waals surface area contributed by atoms with E-state index in [9.17, 15) is 0 Å². The highest BCUT2D eigenvalue weighted by Crippen LogP contribution is 2.36. The summed E-state index contributed by atoms with van der Waals surface area (Å²) in [5.74, 6) is 2.36. The summed E-state index contributed by atoms with van der Waals surface area (Å²) in [4.78, 5) is 7.17. The lowest BCUT2D eigenvalue weighted by Crippen LogP contribution is -2.53. The maximum atomic E-state index is 6.06. The Morgan fingerprint density at radius 1 is 1.03 bits per heavy atom. The van der Waals surface area contributed by atoms with Gasteiger partial charge in [-0.15, -0.1) is 0 Å². The Morgan fingerprint density at radius 2 is 1.69 bits per heavy atom. The molecule has 0 spiro atoms. The zero-order valence-corrected chi connectivity index (χ0v) is 19.5. The fraction of sp³-hybridized carbons (Fsp3) is 0.500. The van der Waals surface area contributed by atoms with Gasteiger partial charge in [-0.3, -0.25) is 9.89 Å². The molecule has 2 aromatic carbocycles. The van der Waals surface area contributed by atoms with Gasteiger partial charge >= 0.3 is 0 Å². The second kappa shape index (κ2) is 10.7. The fourth-order valence-corrected chi connectivity index (χ4v) is 5.05. The number of hydrogen-bond donors (Lipinski definition) is 2. The van der Waals surface area contributed by atoms with Crippen molar-refractivity contribution in [2.75, 3.05) is 20.7 Å². The minimum absolute atomic E-state index is 0.0197. The van der Waals surface area contributed by atoms with E-state index in [-0.39, 0.29) is 6.10 Å². The first kappa shape index (κ1) is 22.5. The van der Waals surface area contributed by atoms with Gasteiger partial charge in [0.2, 0.25) is 0 Å². The number of benzene rings is 2. The summed E-state index contributed by atoms with van der Waals surface area (Å²) in [5, 5.41) is 7.10. The summed E-state index contributed by atoms with van der Waals surface area (Å²) in [5.41, 5.74) is 1.41. The van der Waals surface area contributed by atoms with E-state index in [1.807, 2.05) is 31.3 Å². The molecule has 4 rings (SSSR count). The highest BCUT2D eigenvalue weighted by molar-refractivity contribution is 5.80. The van der Waals surface area contributed by atoms with Crippen LogP contribution >= 0.6 is 0 Å². The highest BCUT2D eigenvalue weighted by Gasteiger charge is 2.40. The number of guanidine groups is 1. The largest absolute Gasteiger partial charge is 0.493 e. The number of para-hydroxylation sites is 2. The lowest BCUT2D eigenvalue weighted by molar-refractivity contribution is 0.114. The number of piperidine rings is 1. The molecule has 0 radical (unpaired) electrons. The standard InChI is InChI=1S/C26H36N4O2/c1-19(32-25-12-8-7-11-24(25)31-3)17-28-26(27-2)29-21-15-22-13-14-23(16-21)30(22)18-20-9-5-4-6-10-20/h4-12,19,21-23H,13-18H2,1-3H3,(H2,27,28,29). The summed E-state index contributed by atoms with van der Waals surface area (Å²) in [6.07, 6.45) is 4.90. The van der Waals surface area contributed by atoms with Crippen LogP contribution in [0.15, 0.2) is 59.6 Å². The lowest BCUT2D eigenvalue weighted by Gasteiger charge is -2.39. The molecule has 2 aromatic rings. The summed E-state index contributed by atoms with van der Waals surface area (Å²) >= 11 is 0. The Hall–Kier alpha value is -2.73. The molecule has 172 valence electrons.